The number of fused-ring (bicyclic) bond motifs is 1. The zero-order valence-corrected chi connectivity index (χ0v) is 17.4. The van der Waals surface area contributed by atoms with Gasteiger partial charge in [-0.1, -0.05) is 12.1 Å². The second-order valence-electron chi connectivity index (χ2n) is 7.44. The minimum absolute atomic E-state index is 0.0726. The first-order valence-electron chi connectivity index (χ1n) is 9.64. The number of hydrogen-bond acceptors (Lipinski definition) is 4. The molecule has 3 heterocycles. The van der Waals surface area contributed by atoms with E-state index in [-0.39, 0.29) is 18.3 Å². The van der Waals surface area contributed by atoms with Gasteiger partial charge < -0.3 is 4.90 Å². The summed E-state index contributed by atoms with van der Waals surface area (Å²) in [5, 5.41) is 9.65. The topological polar surface area (TPSA) is 68.8 Å². The van der Waals surface area contributed by atoms with Gasteiger partial charge in [-0.2, -0.15) is 10.2 Å². The number of aryl methyl sites for hydroxylation is 2. The maximum absolute atomic E-state index is 13.3. The number of rotatable bonds is 5. The molecule has 1 aromatic carbocycles. The molecule has 0 unspecified atom stereocenters. The third kappa shape index (κ3) is 3.56. The Bertz CT molecular complexity index is 1220. The number of likely N-dealkylation sites (N-methyl/N-ethyl adjacent to an activating group) is 1. The van der Waals surface area contributed by atoms with Crippen LogP contribution in [0.15, 0.2) is 42.7 Å². The summed E-state index contributed by atoms with van der Waals surface area (Å²) in [5.74, 6) is -0.356. The van der Waals surface area contributed by atoms with Crippen molar-refractivity contribution in [3.05, 3.63) is 65.5 Å². The fraction of sp³-hybridized carbons (Fsp3) is 0.273. The van der Waals surface area contributed by atoms with Gasteiger partial charge in [-0.25, -0.2) is 14.1 Å². The lowest BCUT2D eigenvalue weighted by Gasteiger charge is -2.17. The average molecular weight is 406 g/mol. The van der Waals surface area contributed by atoms with Gasteiger partial charge in [0, 0.05) is 43.5 Å². The molecule has 0 fully saturated rings. The lowest BCUT2D eigenvalue weighted by molar-refractivity contribution is -0.131. The highest BCUT2D eigenvalue weighted by atomic mass is 19.1. The molecular weight excluding hydrogens is 383 g/mol. The standard InChI is InChI=1S/C22H23FN6O/c1-14-21-19(16-5-7-18(23)8-6-16)9-10-24-22(21)29(26-14)13-20(30)27(3)12-17-11-25-28(4)15(17)2/h5-11H,12-13H2,1-4H3. The monoisotopic (exact) mass is 406 g/mol. The van der Waals surface area contributed by atoms with Gasteiger partial charge >= 0.3 is 0 Å². The van der Waals surface area contributed by atoms with E-state index in [2.05, 4.69) is 15.2 Å². The number of halogens is 1. The van der Waals surface area contributed by atoms with Crippen molar-refractivity contribution in [3.63, 3.8) is 0 Å². The van der Waals surface area contributed by atoms with E-state index in [9.17, 15) is 9.18 Å². The molecule has 0 aliphatic carbocycles. The molecule has 1 amide bonds. The molecule has 0 N–H and O–H groups in total. The predicted octanol–water partition coefficient (Wildman–Crippen LogP) is 3.25. The number of benzene rings is 1. The average Bonchev–Trinajstić information content (AvgIpc) is 3.22. The zero-order valence-electron chi connectivity index (χ0n) is 17.4. The van der Waals surface area contributed by atoms with Crippen molar-refractivity contribution < 1.29 is 9.18 Å². The number of amides is 1. The lowest BCUT2D eigenvalue weighted by Crippen LogP contribution is -2.30. The number of pyridine rings is 1. The second kappa shape index (κ2) is 7.70. The van der Waals surface area contributed by atoms with Crippen LogP contribution in [0.1, 0.15) is 17.0 Å². The number of aromatic nitrogens is 5. The van der Waals surface area contributed by atoms with Gasteiger partial charge in [0.2, 0.25) is 5.91 Å². The molecule has 7 nitrogen and oxygen atoms in total. The van der Waals surface area contributed by atoms with E-state index in [0.717, 1.165) is 33.5 Å². The van der Waals surface area contributed by atoms with Gasteiger partial charge in [-0.15, -0.1) is 0 Å². The van der Waals surface area contributed by atoms with E-state index >= 15 is 0 Å². The van der Waals surface area contributed by atoms with Gasteiger partial charge in [0.15, 0.2) is 5.65 Å². The Morgan fingerprint density at radius 1 is 1.17 bits per heavy atom. The van der Waals surface area contributed by atoms with Crippen molar-refractivity contribution in [3.8, 4) is 11.1 Å². The Labute approximate surface area is 173 Å². The number of nitrogens with zero attached hydrogens (tertiary/aromatic N) is 6. The first kappa shape index (κ1) is 19.8. The van der Waals surface area contributed by atoms with Crippen LogP contribution in [-0.2, 0) is 24.9 Å². The van der Waals surface area contributed by atoms with Crippen molar-refractivity contribution in [2.45, 2.75) is 26.9 Å². The summed E-state index contributed by atoms with van der Waals surface area (Å²) in [6.45, 7) is 4.43. The van der Waals surface area contributed by atoms with Crippen LogP contribution in [0.3, 0.4) is 0 Å². The molecule has 30 heavy (non-hydrogen) atoms. The van der Waals surface area contributed by atoms with E-state index in [1.54, 1.807) is 45.8 Å². The second-order valence-corrected chi connectivity index (χ2v) is 7.44. The Kier molecular flexibility index (Phi) is 5.07. The first-order valence-corrected chi connectivity index (χ1v) is 9.64. The zero-order chi connectivity index (χ0) is 21.4. The largest absolute Gasteiger partial charge is 0.340 e. The smallest absolute Gasteiger partial charge is 0.244 e. The Morgan fingerprint density at radius 2 is 1.90 bits per heavy atom. The number of carbonyl (C=O) groups excluding carboxylic acids is 1. The van der Waals surface area contributed by atoms with Gasteiger partial charge in [-0.05, 0) is 43.2 Å². The van der Waals surface area contributed by atoms with Crippen LogP contribution in [0.5, 0.6) is 0 Å². The fourth-order valence-corrected chi connectivity index (χ4v) is 3.55. The first-order chi connectivity index (χ1) is 14.3. The maximum atomic E-state index is 13.3. The van der Waals surface area contributed by atoms with E-state index in [4.69, 9.17) is 0 Å². The van der Waals surface area contributed by atoms with Crippen molar-refractivity contribution in [2.75, 3.05) is 7.05 Å². The molecule has 0 aliphatic rings. The van der Waals surface area contributed by atoms with Gasteiger partial charge in [0.25, 0.3) is 0 Å². The van der Waals surface area contributed by atoms with Crippen molar-refractivity contribution in [1.29, 1.82) is 0 Å². The maximum Gasteiger partial charge on any atom is 0.244 e. The molecular formula is C22H23FN6O. The molecule has 0 saturated carbocycles. The predicted molar refractivity (Wildman–Crippen MR) is 112 cm³/mol. The minimum atomic E-state index is -0.283. The van der Waals surface area contributed by atoms with Crippen molar-refractivity contribution in [2.24, 2.45) is 7.05 Å². The van der Waals surface area contributed by atoms with Gasteiger partial charge in [-0.3, -0.25) is 9.48 Å². The number of carbonyl (C=O) groups is 1. The molecule has 4 aromatic rings. The molecule has 8 heteroatoms. The molecule has 0 bridgehead atoms. The van der Waals surface area contributed by atoms with Crippen LogP contribution >= 0.6 is 0 Å². The van der Waals surface area contributed by atoms with Crippen LogP contribution in [0, 0.1) is 19.7 Å². The molecule has 154 valence electrons. The molecule has 0 aliphatic heterocycles. The molecule has 0 radical (unpaired) electrons. The minimum Gasteiger partial charge on any atom is -0.340 e. The van der Waals surface area contributed by atoms with Crippen LogP contribution in [0.25, 0.3) is 22.2 Å². The molecule has 0 saturated heterocycles. The third-order valence-corrected chi connectivity index (χ3v) is 5.42. The van der Waals surface area contributed by atoms with E-state index in [0.29, 0.717) is 12.2 Å². The number of hydrogen-bond donors (Lipinski definition) is 0. The molecule has 4 rings (SSSR count). The van der Waals surface area contributed by atoms with E-state index in [1.807, 2.05) is 27.0 Å². The van der Waals surface area contributed by atoms with E-state index in [1.165, 1.54) is 12.1 Å². The van der Waals surface area contributed by atoms with Crippen LogP contribution < -0.4 is 0 Å². The summed E-state index contributed by atoms with van der Waals surface area (Å²) >= 11 is 0. The third-order valence-electron chi connectivity index (χ3n) is 5.42. The van der Waals surface area contributed by atoms with Gasteiger partial charge in [0.05, 0.1) is 11.9 Å². The summed E-state index contributed by atoms with van der Waals surface area (Å²) in [7, 11) is 3.65. The quantitative estimate of drug-likeness (QED) is 0.510. The fourth-order valence-electron chi connectivity index (χ4n) is 3.55. The van der Waals surface area contributed by atoms with Crippen LogP contribution in [0.4, 0.5) is 4.39 Å². The summed E-state index contributed by atoms with van der Waals surface area (Å²) < 4.78 is 16.7. The summed E-state index contributed by atoms with van der Waals surface area (Å²) in [4.78, 5) is 19.0. The Morgan fingerprint density at radius 3 is 2.57 bits per heavy atom. The highest BCUT2D eigenvalue weighted by Crippen LogP contribution is 2.30. The van der Waals surface area contributed by atoms with Crippen LogP contribution in [-0.4, -0.2) is 42.4 Å². The summed E-state index contributed by atoms with van der Waals surface area (Å²) in [6.07, 6.45) is 3.47. The van der Waals surface area contributed by atoms with E-state index < -0.39 is 0 Å². The summed E-state index contributed by atoms with van der Waals surface area (Å²) in [5.41, 5.74) is 5.23. The highest BCUT2D eigenvalue weighted by molar-refractivity contribution is 5.95. The van der Waals surface area contributed by atoms with Crippen LogP contribution in [0.2, 0.25) is 0 Å². The van der Waals surface area contributed by atoms with Gasteiger partial charge in [0.1, 0.15) is 12.4 Å². The Hall–Kier alpha value is -3.55. The Balaban J connectivity index is 1.62. The molecule has 0 spiro atoms. The molecule has 3 aromatic heterocycles. The molecule has 0 atom stereocenters. The lowest BCUT2D eigenvalue weighted by atomic mass is 10.0. The highest BCUT2D eigenvalue weighted by Gasteiger charge is 2.18. The van der Waals surface area contributed by atoms with Crippen molar-refractivity contribution >= 4 is 16.9 Å². The SMILES string of the molecule is Cc1nn(CC(=O)N(C)Cc2cnn(C)c2C)c2nccc(-c3ccc(F)cc3)c12. The summed E-state index contributed by atoms with van der Waals surface area (Å²) in [6, 6.07) is 8.21. The normalized spacial score (nSPS) is 11.2. The van der Waals surface area contributed by atoms with Crippen molar-refractivity contribution in [1.82, 2.24) is 29.4 Å².